The second-order valence-electron chi connectivity index (χ2n) is 12.6. The van der Waals surface area contributed by atoms with E-state index in [-0.39, 0.29) is 25.0 Å². The van der Waals surface area contributed by atoms with Crippen LogP contribution in [0.3, 0.4) is 0 Å². The third-order valence-electron chi connectivity index (χ3n) is 9.23. The third-order valence-corrected chi connectivity index (χ3v) is 9.23. The van der Waals surface area contributed by atoms with Crippen molar-refractivity contribution in [2.24, 2.45) is 5.92 Å². The first-order valence-corrected chi connectivity index (χ1v) is 15.9. The Bertz CT molecular complexity index is 1310. The number of hydrogen-bond acceptors (Lipinski definition) is 8. The molecule has 5 rings (SSSR count). The van der Waals surface area contributed by atoms with Crippen molar-refractivity contribution in [1.82, 2.24) is 25.3 Å². The predicted molar refractivity (Wildman–Crippen MR) is 160 cm³/mol. The van der Waals surface area contributed by atoms with E-state index in [9.17, 15) is 28.8 Å². The average Bonchev–Trinajstić information content (AvgIpc) is 3.69. The number of cyclic esters (lactones) is 1. The molecule has 4 fully saturated rings. The summed E-state index contributed by atoms with van der Waals surface area (Å²) in [5, 5.41) is 5.37. The van der Waals surface area contributed by atoms with Gasteiger partial charge in [0.25, 0.3) is 0 Å². The van der Waals surface area contributed by atoms with Gasteiger partial charge in [0.1, 0.15) is 42.9 Å². The molecule has 45 heavy (non-hydrogen) atoms. The highest BCUT2D eigenvalue weighted by Crippen LogP contribution is 2.28. The van der Waals surface area contributed by atoms with Gasteiger partial charge in [0.2, 0.25) is 23.6 Å². The lowest BCUT2D eigenvalue weighted by molar-refractivity contribution is -0.162. The number of fused-ring (bicyclic) bond motifs is 3. The molecular formula is C32H43N5O8. The van der Waals surface area contributed by atoms with Gasteiger partial charge in [-0.25, -0.2) is 9.59 Å². The van der Waals surface area contributed by atoms with Crippen molar-refractivity contribution in [2.75, 3.05) is 19.6 Å². The average molecular weight is 626 g/mol. The smallest absolute Gasteiger partial charge is 0.408 e. The van der Waals surface area contributed by atoms with Gasteiger partial charge < -0.3 is 34.8 Å². The second kappa shape index (κ2) is 13.9. The maximum atomic E-state index is 14.1. The summed E-state index contributed by atoms with van der Waals surface area (Å²) in [6.45, 7) is 5.86. The number of amides is 5. The molecule has 0 spiro atoms. The highest BCUT2D eigenvalue weighted by molar-refractivity contribution is 5.97. The van der Waals surface area contributed by atoms with Crippen LogP contribution in [-0.2, 0) is 40.1 Å². The fraction of sp³-hybridized carbons (Fsp3) is 0.625. The molecule has 4 aliphatic heterocycles. The Labute approximate surface area is 262 Å². The Morgan fingerprint density at radius 1 is 0.867 bits per heavy atom. The quantitative estimate of drug-likeness (QED) is 0.477. The number of carbonyl (C=O) groups excluding carboxylic acids is 6. The van der Waals surface area contributed by atoms with Gasteiger partial charge in [-0.2, -0.15) is 0 Å². The Hall–Kier alpha value is -4.16. The number of hydrogen-bond donors (Lipinski definition) is 2. The van der Waals surface area contributed by atoms with Crippen LogP contribution in [0.25, 0.3) is 0 Å². The number of ether oxygens (including phenoxy) is 2. The van der Waals surface area contributed by atoms with Crippen LogP contribution in [0.15, 0.2) is 30.3 Å². The van der Waals surface area contributed by atoms with E-state index in [1.807, 2.05) is 25.1 Å². The van der Waals surface area contributed by atoms with E-state index in [4.69, 9.17) is 9.47 Å². The first-order chi connectivity index (χ1) is 21.5. The molecule has 1 aromatic rings. The molecule has 0 aromatic heterocycles. The first-order valence-electron chi connectivity index (χ1n) is 15.9. The van der Waals surface area contributed by atoms with E-state index >= 15 is 0 Å². The second-order valence-corrected chi connectivity index (χ2v) is 12.6. The number of benzene rings is 1. The zero-order chi connectivity index (χ0) is 32.2. The summed E-state index contributed by atoms with van der Waals surface area (Å²) in [7, 11) is 0. The van der Waals surface area contributed by atoms with Gasteiger partial charge in [0, 0.05) is 19.6 Å². The van der Waals surface area contributed by atoms with Gasteiger partial charge >= 0.3 is 12.1 Å². The molecule has 244 valence electrons. The van der Waals surface area contributed by atoms with E-state index in [0.29, 0.717) is 45.2 Å². The summed E-state index contributed by atoms with van der Waals surface area (Å²) in [6, 6.07) is 4.19. The first kappa shape index (κ1) is 32.2. The van der Waals surface area contributed by atoms with Crippen LogP contribution in [0.4, 0.5) is 4.79 Å². The molecule has 0 unspecified atom stereocenters. The Morgan fingerprint density at radius 3 is 2.31 bits per heavy atom. The third kappa shape index (κ3) is 7.07. The van der Waals surface area contributed by atoms with Gasteiger partial charge in [0.05, 0.1) is 0 Å². The van der Waals surface area contributed by atoms with E-state index in [1.54, 1.807) is 19.1 Å². The van der Waals surface area contributed by atoms with Crippen LogP contribution in [-0.4, -0.2) is 106 Å². The molecule has 4 heterocycles. The Balaban J connectivity index is 1.45. The minimum atomic E-state index is -1.36. The van der Waals surface area contributed by atoms with Crippen molar-refractivity contribution in [3.8, 4) is 0 Å². The zero-order valence-electron chi connectivity index (χ0n) is 26.1. The molecular weight excluding hydrogens is 582 g/mol. The highest BCUT2D eigenvalue weighted by Gasteiger charge is 2.47. The molecule has 1 aromatic carbocycles. The van der Waals surface area contributed by atoms with Crippen LogP contribution in [0.2, 0.25) is 0 Å². The summed E-state index contributed by atoms with van der Waals surface area (Å²) in [6.07, 6.45) is 1.14. The maximum Gasteiger partial charge on any atom is 0.408 e. The van der Waals surface area contributed by atoms with Gasteiger partial charge in [-0.1, -0.05) is 37.3 Å². The van der Waals surface area contributed by atoms with Crippen LogP contribution in [0.5, 0.6) is 0 Å². The van der Waals surface area contributed by atoms with E-state index in [2.05, 4.69) is 10.6 Å². The molecule has 5 amide bonds. The molecule has 0 radical (unpaired) electrons. The summed E-state index contributed by atoms with van der Waals surface area (Å²) in [5.41, 5.74) is 0.746. The highest BCUT2D eigenvalue weighted by atomic mass is 16.6. The van der Waals surface area contributed by atoms with E-state index in [1.165, 1.54) is 21.6 Å². The summed E-state index contributed by atoms with van der Waals surface area (Å²) in [5.74, 6) is -2.53. The van der Waals surface area contributed by atoms with Gasteiger partial charge in [-0.15, -0.1) is 0 Å². The monoisotopic (exact) mass is 625 g/mol. The number of nitrogens with one attached hydrogen (secondary N) is 2. The number of nitrogens with zero attached hydrogens (tertiary/aromatic N) is 3. The van der Waals surface area contributed by atoms with Crippen LogP contribution in [0.1, 0.15) is 64.9 Å². The van der Waals surface area contributed by atoms with Crippen molar-refractivity contribution in [2.45, 2.75) is 102 Å². The summed E-state index contributed by atoms with van der Waals surface area (Å²) < 4.78 is 11.2. The SMILES string of the molecule is C[C@H]1C[C@H]2C(=O)O[C@@H](C)[C@H](NC(=O)OCc3ccccc3)C(=O)N3CCC[C@H]3C(=O)N3CCCC[C@H]3C(=O)N[C@@H](C)C(=O)N2C1. The summed E-state index contributed by atoms with van der Waals surface area (Å²) >= 11 is 0. The lowest BCUT2D eigenvalue weighted by atomic mass is 9.99. The van der Waals surface area contributed by atoms with Crippen molar-refractivity contribution >= 4 is 35.7 Å². The number of carbonyl (C=O) groups is 6. The zero-order valence-corrected chi connectivity index (χ0v) is 26.1. The Kier molecular flexibility index (Phi) is 9.93. The molecule has 2 N–H and O–H groups in total. The molecule has 4 aliphatic rings. The lowest BCUT2D eigenvalue weighted by Crippen LogP contribution is -2.62. The number of rotatable bonds is 3. The van der Waals surface area contributed by atoms with E-state index in [0.717, 1.165) is 12.0 Å². The fourth-order valence-corrected chi connectivity index (χ4v) is 6.86. The van der Waals surface area contributed by atoms with Gasteiger partial charge in [-0.3, -0.25) is 19.2 Å². The van der Waals surface area contributed by atoms with Crippen LogP contribution < -0.4 is 10.6 Å². The Morgan fingerprint density at radius 2 is 1.56 bits per heavy atom. The predicted octanol–water partition coefficient (Wildman–Crippen LogP) is 1.34. The molecule has 13 nitrogen and oxygen atoms in total. The largest absolute Gasteiger partial charge is 0.458 e. The number of esters is 1. The van der Waals surface area contributed by atoms with Crippen molar-refractivity contribution in [3.05, 3.63) is 35.9 Å². The van der Waals surface area contributed by atoms with E-state index < -0.39 is 66.1 Å². The molecule has 13 heteroatoms. The topological polar surface area (TPSA) is 155 Å². The number of alkyl carbamates (subject to hydrolysis) is 1. The normalized spacial score (nSPS) is 31.5. The fourth-order valence-electron chi connectivity index (χ4n) is 6.86. The molecule has 0 saturated carbocycles. The standard InChI is InChI=1S/C32H43N5O8/c1-19-16-25-31(42)45-21(3)26(34-32(43)44-18-22-10-5-4-6-11-22)30(41)36-15-9-13-24(36)29(40)35-14-8-7-12-23(35)27(38)33-20(2)28(39)37(25)17-19/h4-6,10-11,19-21,23-26H,7-9,12-18H2,1-3H3,(H,33,38)(H,34,43)/t19-,20-,21-,23-,24-,25-,26-/m0/s1. The van der Waals surface area contributed by atoms with Crippen LogP contribution >= 0.6 is 0 Å². The molecule has 0 bridgehead atoms. The van der Waals surface area contributed by atoms with Gasteiger partial charge in [0.15, 0.2) is 0 Å². The molecule has 0 aliphatic carbocycles. The maximum absolute atomic E-state index is 14.1. The van der Waals surface area contributed by atoms with Crippen LogP contribution in [0, 0.1) is 5.92 Å². The van der Waals surface area contributed by atoms with Gasteiger partial charge in [-0.05, 0) is 63.9 Å². The molecule has 7 atom stereocenters. The lowest BCUT2D eigenvalue weighted by Gasteiger charge is -2.39. The van der Waals surface area contributed by atoms with Crippen molar-refractivity contribution < 1.29 is 38.2 Å². The van der Waals surface area contributed by atoms with Crippen molar-refractivity contribution in [1.29, 1.82) is 0 Å². The summed E-state index contributed by atoms with van der Waals surface area (Å²) in [4.78, 5) is 86.0. The molecule has 4 saturated heterocycles. The number of piperidine rings is 1. The minimum Gasteiger partial charge on any atom is -0.458 e. The minimum absolute atomic E-state index is 0.00729. The van der Waals surface area contributed by atoms with Crippen molar-refractivity contribution in [3.63, 3.8) is 0 Å².